The van der Waals surface area contributed by atoms with E-state index in [-0.39, 0.29) is 5.82 Å². The highest BCUT2D eigenvalue weighted by Gasteiger charge is 2.21. The Morgan fingerprint density at radius 3 is 2.80 bits per heavy atom. The van der Waals surface area contributed by atoms with Crippen molar-refractivity contribution >= 4 is 0 Å². The highest BCUT2D eigenvalue weighted by molar-refractivity contribution is 4.95. The van der Waals surface area contributed by atoms with Crippen LogP contribution in [0.2, 0.25) is 0 Å². The van der Waals surface area contributed by atoms with Crippen molar-refractivity contribution in [3.05, 3.63) is 22.1 Å². The van der Waals surface area contributed by atoms with Crippen LogP contribution in [0.1, 0.15) is 12.8 Å². The molecule has 0 amide bonds. The number of nitro groups is 1. The summed E-state index contributed by atoms with van der Waals surface area (Å²) in [6, 6.07) is 0.371. The van der Waals surface area contributed by atoms with E-state index in [0.717, 1.165) is 19.0 Å². The Morgan fingerprint density at radius 2 is 2.40 bits per heavy atom. The SMILES string of the molecule is N/C(=C\[N+](=O)[O-])NC1CC1. The van der Waals surface area contributed by atoms with Gasteiger partial charge in [-0.25, -0.2) is 0 Å². The van der Waals surface area contributed by atoms with Gasteiger partial charge in [-0.05, 0) is 12.8 Å². The van der Waals surface area contributed by atoms with Crippen molar-refractivity contribution in [2.75, 3.05) is 0 Å². The molecule has 5 nitrogen and oxygen atoms in total. The molecule has 0 bridgehead atoms. The van der Waals surface area contributed by atoms with Crippen LogP contribution in [-0.2, 0) is 0 Å². The molecule has 0 spiro atoms. The second kappa shape index (κ2) is 2.55. The minimum absolute atomic E-state index is 0.146. The fourth-order valence-electron chi connectivity index (χ4n) is 0.614. The van der Waals surface area contributed by atoms with Crippen LogP contribution in [0.5, 0.6) is 0 Å². The summed E-state index contributed by atoms with van der Waals surface area (Å²) in [5.41, 5.74) is 5.22. The molecule has 5 heteroatoms. The molecule has 0 aromatic heterocycles. The van der Waals surface area contributed by atoms with Gasteiger partial charge in [0.25, 0.3) is 6.20 Å². The van der Waals surface area contributed by atoms with Gasteiger partial charge >= 0.3 is 0 Å². The van der Waals surface area contributed by atoms with Gasteiger partial charge in [-0.15, -0.1) is 0 Å². The molecule has 0 aliphatic heterocycles. The van der Waals surface area contributed by atoms with E-state index in [9.17, 15) is 10.1 Å². The van der Waals surface area contributed by atoms with Crippen LogP contribution in [0.3, 0.4) is 0 Å². The summed E-state index contributed by atoms with van der Waals surface area (Å²) in [5.74, 6) is 0.146. The number of nitrogens with zero attached hydrogens (tertiary/aromatic N) is 1. The molecule has 0 heterocycles. The van der Waals surface area contributed by atoms with Crippen LogP contribution in [0, 0.1) is 10.1 Å². The smallest absolute Gasteiger partial charge is 0.273 e. The van der Waals surface area contributed by atoms with Gasteiger partial charge in [0.15, 0.2) is 5.82 Å². The van der Waals surface area contributed by atoms with Crippen molar-refractivity contribution in [2.45, 2.75) is 18.9 Å². The normalized spacial score (nSPS) is 18.6. The maximum atomic E-state index is 9.82. The zero-order valence-corrected chi connectivity index (χ0v) is 5.41. The number of rotatable bonds is 3. The molecule has 0 radical (unpaired) electrons. The largest absolute Gasteiger partial charge is 0.380 e. The highest BCUT2D eigenvalue weighted by Crippen LogP contribution is 2.18. The fraction of sp³-hybridized carbons (Fsp3) is 0.600. The van der Waals surface area contributed by atoms with Crippen molar-refractivity contribution in [2.24, 2.45) is 5.73 Å². The van der Waals surface area contributed by atoms with Crippen molar-refractivity contribution in [3.63, 3.8) is 0 Å². The predicted molar refractivity (Wildman–Crippen MR) is 35.4 cm³/mol. The maximum Gasteiger partial charge on any atom is 0.273 e. The summed E-state index contributed by atoms with van der Waals surface area (Å²) in [5, 5.41) is 12.6. The van der Waals surface area contributed by atoms with Gasteiger partial charge in [0.05, 0.1) is 4.92 Å². The average molecular weight is 143 g/mol. The molecule has 1 fully saturated rings. The van der Waals surface area contributed by atoms with Crippen molar-refractivity contribution in [3.8, 4) is 0 Å². The Morgan fingerprint density at radius 1 is 1.80 bits per heavy atom. The van der Waals surface area contributed by atoms with Gasteiger partial charge in [-0.2, -0.15) is 0 Å². The average Bonchev–Trinajstić information content (AvgIpc) is 2.46. The molecule has 1 aliphatic rings. The van der Waals surface area contributed by atoms with E-state index in [4.69, 9.17) is 5.73 Å². The number of nitrogens with two attached hydrogens (primary N) is 1. The molecule has 0 saturated heterocycles. The number of hydrogen-bond donors (Lipinski definition) is 2. The van der Waals surface area contributed by atoms with E-state index < -0.39 is 4.92 Å². The molecule has 1 saturated carbocycles. The highest BCUT2D eigenvalue weighted by atomic mass is 16.6. The Kier molecular flexibility index (Phi) is 1.75. The first kappa shape index (κ1) is 6.85. The molecule has 1 rings (SSSR count). The standard InChI is InChI=1S/C5H9N3O2/c6-5(3-8(9)10)7-4-1-2-4/h3-4,7H,1-2,6H2/b5-3+. The van der Waals surface area contributed by atoms with E-state index in [2.05, 4.69) is 5.32 Å². The van der Waals surface area contributed by atoms with E-state index in [1.54, 1.807) is 0 Å². The molecular weight excluding hydrogens is 134 g/mol. The van der Waals surface area contributed by atoms with Gasteiger partial charge in [0, 0.05) is 6.04 Å². The molecule has 56 valence electrons. The zero-order valence-electron chi connectivity index (χ0n) is 5.41. The van der Waals surface area contributed by atoms with E-state index in [1.807, 2.05) is 0 Å². The van der Waals surface area contributed by atoms with Crippen molar-refractivity contribution < 1.29 is 4.92 Å². The van der Waals surface area contributed by atoms with Crippen LogP contribution in [0.15, 0.2) is 12.0 Å². The van der Waals surface area contributed by atoms with E-state index in [1.165, 1.54) is 0 Å². The molecule has 1 aliphatic carbocycles. The molecular formula is C5H9N3O2. The van der Waals surface area contributed by atoms with E-state index >= 15 is 0 Å². The molecule has 10 heavy (non-hydrogen) atoms. The Hall–Kier alpha value is -1.26. The summed E-state index contributed by atoms with van der Waals surface area (Å²) in [7, 11) is 0. The van der Waals surface area contributed by atoms with Crippen molar-refractivity contribution in [1.29, 1.82) is 0 Å². The summed E-state index contributed by atoms with van der Waals surface area (Å²) in [6.45, 7) is 0. The summed E-state index contributed by atoms with van der Waals surface area (Å²) < 4.78 is 0. The molecule has 0 atom stereocenters. The summed E-state index contributed by atoms with van der Waals surface area (Å²) >= 11 is 0. The molecule has 0 aromatic rings. The van der Waals surface area contributed by atoms with Gasteiger partial charge in [0.1, 0.15) is 0 Å². The topological polar surface area (TPSA) is 81.2 Å². The Bertz CT molecular complexity index is 174. The van der Waals surface area contributed by atoms with Crippen LogP contribution < -0.4 is 11.1 Å². The number of nitrogens with one attached hydrogen (secondary N) is 1. The second-order valence-electron chi connectivity index (χ2n) is 2.29. The molecule has 3 N–H and O–H groups in total. The number of hydrogen-bond acceptors (Lipinski definition) is 4. The zero-order chi connectivity index (χ0) is 7.56. The third kappa shape index (κ3) is 2.34. The van der Waals surface area contributed by atoms with Crippen LogP contribution in [0.25, 0.3) is 0 Å². The predicted octanol–water partition coefficient (Wildman–Crippen LogP) is -0.227. The lowest BCUT2D eigenvalue weighted by atomic mass is 10.6. The monoisotopic (exact) mass is 143 g/mol. The summed E-state index contributed by atoms with van der Waals surface area (Å²) in [4.78, 5) is 9.26. The van der Waals surface area contributed by atoms with Crippen molar-refractivity contribution in [1.82, 2.24) is 5.32 Å². The fourth-order valence-corrected chi connectivity index (χ4v) is 0.614. The first-order valence-electron chi connectivity index (χ1n) is 3.06. The second-order valence-corrected chi connectivity index (χ2v) is 2.29. The van der Waals surface area contributed by atoms with Gasteiger partial charge in [0.2, 0.25) is 0 Å². The first-order valence-corrected chi connectivity index (χ1v) is 3.06. The molecule has 0 unspecified atom stereocenters. The lowest BCUT2D eigenvalue weighted by Gasteiger charge is -1.98. The summed E-state index contributed by atoms with van der Waals surface area (Å²) in [6.07, 6.45) is 2.90. The third-order valence-corrected chi connectivity index (χ3v) is 1.19. The Balaban J connectivity index is 2.30. The van der Waals surface area contributed by atoms with Crippen LogP contribution >= 0.6 is 0 Å². The lowest BCUT2D eigenvalue weighted by Crippen LogP contribution is -2.22. The maximum absolute atomic E-state index is 9.82. The lowest BCUT2D eigenvalue weighted by molar-refractivity contribution is -0.403. The minimum atomic E-state index is -0.565. The Labute approximate surface area is 58.0 Å². The minimum Gasteiger partial charge on any atom is -0.380 e. The van der Waals surface area contributed by atoms with Gasteiger partial charge in [-0.3, -0.25) is 10.1 Å². The van der Waals surface area contributed by atoms with Gasteiger partial charge in [-0.1, -0.05) is 0 Å². The molecule has 0 aromatic carbocycles. The first-order chi connectivity index (χ1) is 4.68. The quantitative estimate of drug-likeness (QED) is 0.422. The van der Waals surface area contributed by atoms with Gasteiger partial charge < -0.3 is 11.1 Å². The van der Waals surface area contributed by atoms with Crippen LogP contribution in [-0.4, -0.2) is 11.0 Å². The van der Waals surface area contributed by atoms with Crippen LogP contribution in [0.4, 0.5) is 0 Å². The third-order valence-electron chi connectivity index (χ3n) is 1.19. The van der Waals surface area contributed by atoms with E-state index in [0.29, 0.717) is 6.04 Å².